The van der Waals surface area contributed by atoms with E-state index < -0.39 is 10.0 Å². The molecule has 0 amide bonds. The van der Waals surface area contributed by atoms with E-state index in [1.807, 2.05) is 0 Å². The van der Waals surface area contributed by atoms with E-state index in [1.165, 1.54) is 17.8 Å². The monoisotopic (exact) mass is 316 g/mol. The Bertz CT molecular complexity index is 537. The maximum Gasteiger partial charge on any atom is 0.241 e. The molecule has 0 bridgehead atoms. The smallest absolute Gasteiger partial charge is 0.241 e. The number of hydrogen-bond donors (Lipinski definition) is 2. The van der Waals surface area contributed by atoms with Crippen molar-refractivity contribution < 1.29 is 8.42 Å². The predicted octanol–water partition coefficient (Wildman–Crippen LogP) is 2.70. The van der Waals surface area contributed by atoms with Crippen LogP contribution in [-0.4, -0.2) is 14.5 Å². The fourth-order valence-corrected chi connectivity index (χ4v) is 5.46. The first kappa shape index (κ1) is 15.9. The summed E-state index contributed by atoms with van der Waals surface area (Å²) in [7, 11) is -3.41. The van der Waals surface area contributed by atoms with E-state index in [1.54, 1.807) is 11.4 Å². The highest BCUT2D eigenvalue weighted by atomic mass is 32.2. The van der Waals surface area contributed by atoms with Crippen molar-refractivity contribution in [2.24, 2.45) is 17.6 Å². The first-order valence-corrected chi connectivity index (χ1v) is 9.60. The number of sulfonamides is 1. The van der Waals surface area contributed by atoms with Crippen molar-refractivity contribution in [1.29, 1.82) is 0 Å². The molecule has 1 aliphatic carbocycles. The molecule has 1 heterocycles. The van der Waals surface area contributed by atoms with Gasteiger partial charge in [-0.2, -0.15) is 0 Å². The third kappa shape index (κ3) is 3.61. The molecule has 0 radical (unpaired) electrons. The lowest BCUT2D eigenvalue weighted by Gasteiger charge is -2.34. The molecule has 1 aromatic heterocycles. The van der Waals surface area contributed by atoms with Gasteiger partial charge in [-0.05, 0) is 30.7 Å². The van der Waals surface area contributed by atoms with Crippen LogP contribution < -0.4 is 10.5 Å². The van der Waals surface area contributed by atoms with Crippen LogP contribution in [0.3, 0.4) is 0 Å². The number of nitrogens with two attached hydrogens (primary N) is 1. The molecule has 2 atom stereocenters. The highest BCUT2D eigenvalue weighted by Crippen LogP contribution is 2.31. The molecule has 20 heavy (non-hydrogen) atoms. The summed E-state index contributed by atoms with van der Waals surface area (Å²) >= 11 is 1.40. The first-order chi connectivity index (χ1) is 9.44. The molecule has 0 spiro atoms. The van der Waals surface area contributed by atoms with Gasteiger partial charge in [0.2, 0.25) is 10.0 Å². The molecule has 3 N–H and O–H groups in total. The largest absolute Gasteiger partial charge is 0.326 e. The van der Waals surface area contributed by atoms with Crippen molar-refractivity contribution in [3.8, 4) is 0 Å². The molecule has 4 nitrogen and oxygen atoms in total. The van der Waals surface area contributed by atoms with Crippen LogP contribution in [0.15, 0.2) is 16.3 Å². The molecule has 0 saturated heterocycles. The Morgan fingerprint density at radius 2 is 2.10 bits per heavy atom. The van der Waals surface area contributed by atoms with Gasteiger partial charge in [0, 0.05) is 22.8 Å². The number of nitrogens with one attached hydrogen (secondary N) is 1. The highest BCUT2D eigenvalue weighted by Gasteiger charge is 2.31. The maximum absolute atomic E-state index is 12.5. The van der Waals surface area contributed by atoms with Gasteiger partial charge in [0.15, 0.2) is 0 Å². The summed E-state index contributed by atoms with van der Waals surface area (Å²) in [5, 5.41) is 1.68. The minimum absolute atomic E-state index is 0.0648. The molecule has 2 unspecified atom stereocenters. The average molecular weight is 316 g/mol. The van der Waals surface area contributed by atoms with Gasteiger partial charge in [-0.15, -0.1) is 11.3 Å². The fourth-order valence-electron chi connectivity index (χ4n) is 2.98. The lowest BCUT2D eigenvalue weighted by molar-refractivity contribution is 0.226. The average Bonchev–Trinajstić information content (AvgIpc) is 2.88. The summed E-state index contributed by atoms with van der Waals surface area (Å²) in [5.41, 5.74) is 5.55. The van der Waals surface area contributed by atoms with E-state index in [9.17, 15) is 8.42 Å². The molecular formula is C14H24N2O2S2. The van der Waals surface area contributed by atoms with Crippen LogP contribution in [0.4, 0.5) is 0 Å². The minimum atomic E-state index is -3.41. The predicted molar refractivity (Wildman–Crippen MR) is 83.1 cm³/mol. The Labute approximate surface area is 125 Å². The standard InChI is InChI=1S/C14H24N2O2S2/c1-10(2)13-5-3-4-6-14(13)16-20(17,18)12-7-11(8-15)19-9-12/h7,9-10,13-14,16H,3-6,8,15H2,1-2H3. The summed E-state index contributed by atoms with van der Waals surface area (Å²) in [6.07, 6.45) is 4.36. The Balaban J connectivity index is 2.14. The molecule has 1 fully saturated rings. The second kappa shape index (κ2) is 6.56. The number of hydrogen-bond acceptors (Lipinski definition) is 4. The normalized spacial score (nSPS) is 24.2. The lowest BCUT2D eigenvalue weighted by atomic mass is 9.78. The van der Waals surface area contributed by atoms with E-state index in [2.05, 4.69) is 18.6 Å². The Morgan fingerprint density at radius 1 is 1.40 bits per heavy atom. The maximum atomic E-state index is 12.5. The van der Waals surface area contributed by atoms with Crippen LogP contribution in [0.1, 0.15) is 44.4 Å². The molecule has 0 aliphatic heterocycles. The van der Waals surface area contributed by atoms with Crippen molar-refractivity contribution in [2.45, 2.75) is 57.0 Å². The second-order valence-corrected chi connectivity index (χ2v) is 8.58. The lowest BCUT2D eigenvalue weighted by Crippen LogP contribution is -2.43. The van der Waals surface area contributed by atoms with E-state index in [-0.39, 0.29) is 6.04 Å². The Hall–Kier alpha value is -0.430. The van der Waals surface area contributed by atoms with Gasteiger partial charge in [-0.3, -0.25) is 0 Å². The van der Waals surface area contributed by atoms with Gasteiger partial charge >= 0.3 is 0 Å². The summed E-state index contributed by atoms with van der Waals surface area (Å²) in [5.74, 6) is 0.941. The molecule has 114 valence electrons. The van der Waals surface area contributed by atoms with Gasteiger partial charge in [-0.1, -0.05) is 26.7 Å². The van der Waals surface area contributed by atoms with E-state index >= 15 is 0 Å². The quantitative estimate of drug-likeness (QED) is 0.877. The third-order valence-corrected chi connectivity index (χ3v) is 6.70. The third-order valence-electron chi connectivity index (χ3n) is 4.12. The zero-order valence-electron chi connectivity index (χ0n) is 12.1. The minimum Gasteiger partial charge on any atom is -0.326 e. The van der Waals surface area contributed by atoms with Gasteiger partial charge in [-0.25, -0.2) is 13.1 Å². The zero-order valence-corrected chi connectivity index (χ0v) is 13.8. The van der Waals surface area contributed by atoms with Crippen LogP contribution in [0.2, 0.25) is 0 Å². The molecule has 1 aromatic rings. The molecule has 2 rings (SSSR count). The van der Waals surface area contributed by atoms with Gasteiger partial charge in [0.1, 0.15) is 0 Å². The topological polar surface area (TPSA) is 72.2 Å². The first-order valence-electron chi connectivity index (χ1n) is 7.24. The van der Waals surface area contributed by atoms with Crippen LogP contribution in [0.5, 0.6) is 0 Å². The van der Waals surface area contributed by atoms with Crippen molar-refractivity contribution in [3.63, 3.8) is 0 Å². The SMILES string of the molecule is CC(C)C1CCCCC1NS(=O)(=O)c1csc(CN)c1. The Morgan fingerprint density at radius 3 is 2.70 bits per heavy atom. The fraction of sp³-hybridized carbons (Fsp3) is 0.714. The van der Waals surface area contributed by atoms with E-state index in [4.69, 9.17) is 5.73 Å². The van der Waals surface area contributed by atoms with Crippen LogP contribution in [-0.2, 0) is 16.6 Å². The van der Waals surface area contributed by atoms with Crippen molar-refractivity contribution in [3.05, 3.63) is 16.3 Å². The van der Waals surface area contributed by atoms with Crippen molar-refractivity contribution in [1.82, 2.24) is 4.72 Å². The summed E-state index contributed by atoms with van der Waals surface area (Å²) in [6, 6.07) is 1.75. The summed E-state index contributed by atoms with van der Waals surface area (Å²) in [6.45, 7) is 4.74. The molecule has 6 heteroatoms. The van der Waals surface area contributed by atoms with Crippen LogP contribution in [0, 0.1) is 11.8 Å². The van der Waals surface area contributed by atoms with Crippen molar-refractivity contribution in [2.75, 3.05) is 0 Å². The van der Waals surface area contributed by atoms with Crippen molar-refractivity contribution >= 4 is 21.4 Å². The highest BCUT2D eigenvalue weighted by molar-refractivity contribution is 7.89. The molecule has 0 aromatic carbocycles. The summed E-state index contributed by atoms with van der Waals surface area (Å²) < 4.78 is 27.8. The van der Waals surface area contributed by atoms with E-state index in [0.717, 1.165) is 24.1 Å². The van der Waals surface area contributed by atoms with Crippen LogP contribution >= 0.6 is 11.3 Å². The van der Waals surface area contributed by atoms with Gasteiger partial charge < -0.3 is 5.73 Å². The Kier molecular flexibility index (Phi) is 5.23. The second-order valence-electron chi connectivity index (χ2n) is 5.87. The van der Waals surface area contributed by atoms with Gasteiger partial charge in [0.25, 0.3) is 0 Å². The molecular weight excluding hydrogens is 292 g/mol. The van der Waals surface area contributed by atoms with Gasteiger partial charge in [0.05, 0.1) is 4.90 Å². The molecule has 1 aliphatic rings. The zero-order chi connectivity index (χ0) is 14.8. The van der Waals surface area contributed by atoms with E-state index in [0.29, 0.717) is 23.3 Å². The summed E-state index contributed by atoms with van der Waals surface area (Å²) in [4.78, 5) is 1.26. The number of rotatable bonds is 5. The molecule has 1 saturated carbocycles. The number of thiophene rings is 1. The van der Waals surface area contributed by atoms with Crippen LogP contribution in [0.25, 0.3) is 0 Å².